The molecule has 0 aliphatic rings. The number of carbonyl (C=O) groups is 2. The zero-order chi connectivity index (χ0) is 19.9. The van der Waals surface area contributed by atoms with Gasteiger partial charge in [-0.05, 0) is 43.2 Å². The van der Waals surface area contributed by atoms with Gasteiger partial charge in [-0.1, -0.05) is 24.3 Å². The third-order valence-corrected chi connectivity index (χ3v) is 5.19. The number of ketones is 1. The first kappa shape index (κ1) is 20.7. The Labute approximate surface area is 157 Å². The Hall–Kier alpha value is -2.58. The summed E-state index contributed by atoms with van der Waals surface area (Å²) in [6.45, 7) is 1.42. The predicted octanol–water partition coefficient (Wildman–Crippen LogP) is 2.83. The van der Waals surface area contributed by atoms with E-state index in [1.54, 1.807) is 6.07 Å². The molecule has 2 rings (SSSR count). The number of Topliss-reactive ketones (excluding diaryl/α,β-unsaturated/α-hetero) is 1. The van der Waals surface area contributed by atoms with Crippen molar-refractivity contribution in [2.75, 3.05) is 6.54 Å². The van der Waals surface area contributed by atoms with Gasteiger partial charge in [-0.25, -0.2) is 17.5 Å². The van der Waals surface area contributed by atoms with Crippen LogP contribution in [0.4, 0.5) is 4.39 Å². The molecule has 0 aliphatic heterocycles. The van der Waals surface area contributed by atoms with E-state index in [9.17, 15) is 22.4 Å². The van der Waals surface area contributed by atoms with E-state index in [0.717, 1.165) is 0 Å². The summed E-state index contributed by atoms with van der Waals surface area (Å²) in [5.74, 6) is -1.05. The standard InChI is InChI=1S/C19H20FNO5S/c1-14(22)16-7-9-18(10-8-16)27(24,25)21-11-3-6-19(23)26-13-15-4-2-5-17(20)12-15/h2,4-5,7-10,12,21H,3,6,11,13H2,1H3. The van der Waals surface area contributed by atoms with Gasteiger partial charge < -0.3 is 4.74 Å². The first-order valence-electron chi connectivity index (χ1n) is 8.29. The number of benzene rings is 2. The highest BCUT2D eigenvalue weighted by atomic mass is 32.2. The Balaban J connectivity index is 1.74. The Bertz CT molecular complexity index is 910. The molecule has 0 fully saturated rings. The lowest BCUT2D eigenvalue weighted by Crippen LogP contribution is -2.25. The molecule has 0 bridgehead atoms. The van der Waals surface area contributed by atoms with Gasteiger partial charge in [-0.2, -0.15) is 0 Å². The summed E-state index contributed by atoms with van der Waals surface area (Å²) >= 11 is 0. The third kappa shape index (κ3) is 6.58. The number of hydrogen-bond donors (Lipinski definition) is 1. The monoisotopic (exact) mass is 393 g/mol. The van der Waals surface area contributed by atoms with E-state index in [1.165, 1.54) is 49.4 Å². The molecule has 0 heterocycles. The molecule has 0 saturated heterocycles. The second kappa shape index (κ2) is 9.38. The smallest absolute Gasteiger partial charge is 0.306 e. The molecule has 0 atom stereocenters. The molecule has 8 heteroatoms. The van der Waals surface area contributed by atoms with Gasteiger partial charge >= 0.3 is 5.97 Å². The van der Waals surface area contributed by atoms with Crippen molar-refractivity contribution in [1.82, 2.24) is 4.72 Å². The lowest BCUT2D eigenvalue weighted by molar-refractivity contribution is -0.145. The Morgan fingerprint density at radius 2 is 1.81 bits per heavy atom. The van der Waals surface area contributed by atoms with E-state index in [-0.39, 0.29) is 36.7 Å². The van der Waals surface area contributed by atoms with Crippen LogP contribution in [0.25, 0.3) is 0 Å². The second-order valence-electron chi connectivity index (χ2n) is 5.87. The molecule has 6 nitrogen and oxygen atoms in total. The van der Waals surface area contributed by atoms with Gasteiger partial charge in [-0.15, -0.1) is 0 Å². The minimum atomic E-state index is -3.72. The van der Waals surface area contributed by atoms with E-state index in [0.29, 0.717) is 11.1 Å². The third-order valence-electron chi connectivity index (χ3n) is 3.71. The van der Waals surface area contributed by atoms with Crippen LogP contribution in [0.3, 0.4) is 0 Å². The number of sulfonamides is 1. The molecule has 0 amide bonds. The van der Waals surface area contributed by atoms with Crippen LogP contribution in [0.5, 0.6) is 0 Å². The fraction of sp³-hybridized carbons (Fsp3) is 0.263. The quantitative estimate of drug-likeness (QED) is 0.402. The molecule has 0 radical (unpaired) electrons. The molecule has 144 valence electrons. The fourth-order valence-electron chi connectivity index (χ4n) is 2.25. The summed E-state index contributed by atoms with van der Waals surface area (Å²) in [5.41, 5.74) is 0.966. The average molecular weight is 393 g/mol. The molecule has 0 aliphatic carbocycles. The van der Waals surface area contributed by atoms with Gasteiger partial charge in [-0.3, -0.25) is 9.59 Å². The normalized spacial score (nSPS) is 11.2. The molecular weight excluding hydrogens is 373 g/mol. The van der Waals surface area contributed by atoms with Crippen molar-refractivity contribution in [3.05, 3.63) is 65.5 Å². The first-order valence-corrected chi connectivity index (χ1v) is 9.77. The maximum Gasteiger partial charge on any atom is 0.306 e. The minimum Gasteiger partial charge on any atom is -0.461 e. The van der Waals surface area contributed by atoms with Crippen LogP contribution in [0.2, 0.25) is 0 Å². The van der Waals surface area contributed by atoms with Crippen LogP contribution in [0.15, 0.2) is 53.4 Å². The van der Waals surface area contributed by atoms with Crippen molar-refractivity contribution in [3.63, 3.8) is 0 Å². The van der Waals surface area contributed by atoms with Crippen LogP contribution >= 0.6 is 0 Å². The second-order valence-corrected chi connectivity index (χ2v) is 7.64. The molecule has 0 unspecified atom stereocenters. The highest BCUT2D eigenvalue weighted by molar-refractivity contribution is 7.89. The van der Waals surface area contributed by atoms with Crippen molar-refractivity contribution in [2.24, 2.45) is 0 Å². The van der Waals surface area contributed by atoms with Gasteiger partial charge in [0.25, 0.3) is 0 Å². The molecule has 0 aromatic heterocycles. The van der Waals surface area contributed by atoms with Crippen molar-refractivity contribution in [1.29, 1.82) is 0 Å². The van der Waals surface area contributed by atoms with Crippen molar-refractivity contribution >= 4 is 21.8 Å². The van der Waals surface area contributed by atoms with Gasteiger partial charge in [0.2, 0.25) is 10.0 Å². The summed E-state index contributed by atoms with van der Waals surface area (Å²) in [6.07, 6.45) is 0.286. The molecule has 0 saturated carbocycles. The van der Waals surface area contributed by atoms with E-state index in [2.05, 4.69) is 4.72 Å². The minimum absolute atomic E-state index is 0.0289. The zero-order valence-corrected chi connectivity index (χ0v) is 15.6. The number of halogens is 1. The molecule has 1 N–H and O–H groups in total. The highest BCUT2D eigenvalue weighted by Crippen LogP contribution is 2.11. The van der Waals surface area contributed by atoms with E-state index < -0.39 is 21.8 Å². The Morgan fingerprint density at radius 1 is 1.11 bits per heavy atom. The molecule has 0 spiro atoms. The maximum absolute atomic E-state index is 13.0. The number of carbonyl (C=O) groups excluding carboxylic acids is 2. The summed E-state index contributed by atoms with van der Waals surface area (Å²) in [4.78, 5) is 22.9. The maximum atomic E-state index is 13.0. The van der Waals surface area contributed by atoms with Crippen molar-refractivity contribution in [2.45, 2.75) is 31.3 Å². The SMILES string of the molecule is CC(=O)c1ccc(S(=O)(=O)NCCCC(=O)OCc2cccc(F)c2)cc1. The van der Waals surface area contributed by atoms with Gasteiger partial charge in [0.05, 0.1) is 4.90 Å². The van der Waals surface area contributed by atoms with E-state index in [1.807, 2.05) is 0 Å². The van der Waals surface area contributed by atoms with Gasteiger partial charge in [0, 0.05) is 18.5 Å². The van der Waals surface area contributed by atoms with Crippen LogP contribution in [-0.2, 0) is 26.2 Å². The van der Waals surface area contributed by atoms with Crippen molar-refractivity contribution < 1.29 is 27.1 Å². The number of hydrogen-bond acceptors (Lipinski definition) is 5. The summed E-state index contributed by atoms with van der Waals surface area (Å²) in [6, 6.07) is 11.3. The first-order chi connectivity index (χ1) is 12.8. The molecule has 27 heavy (non-hydrogen) atoms. The van der Waals surface area contributed by atoms with Crippen LogP contribution in [-0.4, -0.2) is 26.7 Å². The largest absolute Gasteiger partial charge is 0.461 e. The molecule has 2 aromatic rings. The summed E-state index contributed by atoms with van der Waals surface area (Å²) in [5, 5.41) is 0. The molecule has 2 aromatic carbocycles. The molecular formula is C19H20FNO5S. The van der Waals surface area contributed by atoms with Crippen molar-refractivity contribution in [3.8, 4) is 0 Å². The fourth-order valence-corrected chi connectivity index (χ4v) is 3.33. The van der Waals surface area contributed by atoms with E-state index in [4.69, 9.17) is 4.74 Å². The van der Waals surface area contributed by atoms with Crippen LogP contribution in [0.1, 0.15) is 35.7 Å². The lowest BCUT2D eigenvalue weighted by atomic mass is 10.2. The summed E-state index contributed by atoms with van der Waals surface area (Å²) in [7, 11) is -3.72. The number of nitrogens with one attached hydrogen (secondary N) is 1. The lowest BCUT2D eigenvalue weighted by Gasteiger charge is -2.08. The van der Waals surface area contributed by atoms with Gasteiger partial charge in [0.1, 0.15) is 12.4 Å². The summed E-state index contributed by atoms with van der Waals surface area (Å²) < 4.78 is 44.7. The van der Waals surface area contributed by atoms with E-state index >= 15 is 0 Å². The topological polar surface area (TPSA) is 89.5 Å². The predicted molar refractivity (Wildman–Crippen MR) is 97.1 cm³/mol. The Kier molecular flexibility index (Phi) is 7.20. The van der Waals surface area contributed by atoms with Crippen LogP contribution < -0.4 is 4.72 Å². The van der Waals surface area contributed by atoms with Gasteiger partial charge in [0.15, 0.2) is 5.78 Å². The Morgan fingerprint density at radius 3 is 2.44 bits per heavy atom. The number of esters is 1. The highest BCUT2D eigenvalue weighted by Gasteiger charge is 2.14. The van der Waals surface area contributed by atoms with Crippen LogP contribution in [0, 0.1) is 5.82 Å². The number of rotatable bonds is 9. The average Bonchev–Trinajstić information content (AvgIpc) is 2.64. The number of ether oxygens (including phenoxy) is 1. The zero-order valence-electron chi connectivity index (χ0n) is 14.8.